The maximum atomic E-state index is 13.4. The number of nitrogens with zero attached hydrogens (tertiary/aromatic N) is 1. The third-order valence-electron chi connectivity index (χ3n) is 5.25. The Labute approximate surface area is 180 Å². The highest BCUT2D eigenvalue weighted by Crippen LogP contribution is 2.20. The molecule has 2 aromatic carbocycles. The number of hydrogen-bond donors (Lipinski definition) is 3. The van der Waals surface area contributed by atoms with Gasteiger partial charge in [-0.05, 0) is 30.3 Å². The van der Waals surface area contributed by atoms with E-state index < -0.39 is 6.10 Å². The van der Waals surface area contributed by atoms with E-state index in [9.17, 15) is 9.50 Å². The number of thioether (sulfide) groups is 1. The molecule has 1 atom stereocenters. The molecule has 160 valence electrons. The van der Waals surface area contributed by atoms with Crippen molar-refractivity contribution < 1.29 is 14.2 Å². The number of rotatable bonds is 9. The highest BCUT2D eigenvalue weighted by molar-refractivity contribution is 7.99. The molecule has 0 spiro atoms. The minimum Gasteiger partial charge on any atom is -0.491 e. The van der Waals surface area contributed by atoms with Crippen LogP contribution >= 0.6 is 11.8 Å². The Balaban J connectivity index is 1.28. The number of H-pyrrole nitrogens is 1. The van der Waals surface area contributed by atoms with Crippen molar-refractivity contribution in [1.82, 2.24) is 15.2 Å². The Bertz CT molecular complexity index is 959. The Morgan fingerprint density at radius 1 is 1.13 bits per heavy atom. The van der Waals surface area contributed by atoms with E-state index in [4.69, 9.17) is 4.74 Å². The first-order valence-electron chi connectivity index (χ1n) is 10.3. The summed E-state index contributed by atoms with van der Waals surface area (Å²) in [5, 5.41) is 14.6. The van der Waals surface area contributed by atoms with Crippen LogP contribution in [0.2, 0.25) is 0 Å². The number of aromatic amines is 1. The number of aromatic nitrogens is 1. The van der Waals surface area contributed by atoms with E-state index in [2.05, 4.69) is 15.2 Å². The lowest BCUT2D eigenvalue weighted by Crippen LogP contribution is -2.40. The van der Waals surface area contributed by atoms with E-state index in [0.29, 0.717) is 19.6 Å². The third kappa shape index (κ3) is 5.76. The number of fused-ring (bicyclic) bond motifs is 1. The zero-order chi connectivity index (χ0) is 20.8. The van der Waals surface area contributed by atoms with Crippen LogP contribution < -0.4 is 10.1 Å². The molecular weight excluding hydrogens is 401 g/mol. The average molecular weight is 430 g/mol. The molecule has 0 radical (unpaired) electrons. The van der Waals surface area contributed by atoms with Gasteiger partial charge in [0.15, 0.2) is 0 Å². The normalized spacial score (nSPS) is 16.1. The summed E-state index contributed by atoms with van der Waals surface area (Å²) in [5.74, 6) is 2.83. The third-order valence-corrected chi connectivity index (χ3v) is 6.19. The lowest BCUT2D eigenvalue weighted by molar-refractivity contribution is 0.0711. The molecule has 1 aliphatic rings. The Kier molecular flexibility index (Phi) is 7.28. The summed E-state index contributed by atoms with van der Waals surface area (Å²) >= 11 is 1.97. The number of halogens is 1. The molecular formula is C23H28FN3O2S. The van der Waals surface area contributed by atoms with E-state index in [0.717, 1.165) is 52.5 Å². The number of ether oxygens (including phenoxy) is 1. The molecule has 0 saturated carbocycles. The molecule has 5 nitrogen and oxygen atoms in total. The summed E-state index contributed by atoms with van der Waals surface area (Å²) in [7, 11) is 0. The van der Waals surface area contributed by atoms with Crippen molar-refractivity contribution >= 4 is 22.7 Å². The Morgan fingerprint density at radius 2 is 1.97 bits per heavy atom. The summed E-state index contributed by atoms with van der Waals surface area (Å²) in [5.41, 5.74) is 2.98. The SMILES string of the molecule is OC(COc1ccccc1CNCc1cc2cc(F)ccc2[nH]1)CN1CCSCC1. The van der Waals surface area contributed by atoms with Crippen LogP contribution in [0.3, 0.4) is 0 Å². The molecule has 1 aromatic heterocycles. The molecule has 2 heterocycles. The van der Waals surface area contributed by atoms with Gasteiger partial charge in [-0.3, -0.25) is 4.90 Å². The lowest BCUT2D eigenvalue weighted by Gasteiger charge is -2.28. The molecule has 3 aromatic rings. The molecule has 7 heteroatoms. The Hall–Kier alpha value is -2.06. The van der Waals surface area contributed by atoms with Gasteiger partial charge in [-0.25, -0.2) is 4.39 Å². The van der Waals surface area contributed by atoms with Crippen molar-refractivity contribution in [1.29, 1.82) is 0 Å². The number of para-hydroxylation sites is 1. The number of nitrogens with one attached hydrogen (secondary N) is 2. The predicted octanol–water partition coefficient (Wildman–Crippen LogP) is 3.39. The molecule has 1 fully saturated rings. The van der Waals surface area contributed by atoms with Gasteiger partial charge in [0.1, 0.15) is 24.3 Å². The van der Waals surface area contributed by atoms with E-state index in [1.54, 1.807) is 6.07 Å². The molecule has 0 bridgehead atoms. The first-order chi connectivity index (χ1) is 14.7. The second-order valence-electron chi connectivity index (χ2n) is 7.62. The van der Waals surface area contributed by atoms with Crippen LogP contribution in [0, 0.1) is 5.82 Å². The number of aliphatic hydroxyl groups excluding tert-OH is 1. The van der Waals surface area contributed by atoms with Crippen LogP contribution in [0.4, 0.5) is 4.39 Å². The second-order valence-corrected chi connectivity index (χ2v) is 8.84. The van der Waals surface area contributed by atoms with Crippen LogP contribution in [0.25, 0.3) is 10.9 Å². The van der Waals surface area contributed by atoms with Gasteiger partial charge in [0.05, 0.1) is 0 Å². The Morgan fingerprint density at radius 3 is 2.83 bits per heavy atom. The summed E-state index contributed by atoms with van der Waals surface area (Å²) < 4.78 is 19.3. The van der Waals surface area contributed by atoms with Crippen molar-refractivity contribution in [3.8, 4) is 5.75 Å². The van der Waals surface area contributed by atoms with Gasteiger partial charge in [0.2, 0.25) is 0 Å². The molecule has 0 amide bonds. The van der Waals surface area contributed by atoms with E-state index in [-0.39, 0.29) is 12.4 Å². The topological polar surface area (TPSA) is 60.5 Å². The van der Waals surface area contributed by atoms with Crippen LogP contribution in [0.15, 0.2) is 48.5 Å². The second kappa shape index (κ2) is 10.3. The highest BCUT2D eigenvalue weighted by atomic mass is 32.2. The van der Waals surface area contributed by atoms with Crippen molar-refractivity contribution in [3.63, 3.8) is 0 Å². The summed E-state index contributed by atoms with van der Waals surface area (Å²) in [6.45, 7) is 4.28. The highest BCUT2D eigenvalue weighted by Gasteiger charge is 2.15. The van der Waals surface area contributed by atoms with Gasteiger partial charge in [0.25, 0.3) is 0 Å². The van der Waals surface area contributed by atoms with Crippen molar-refractivity contribution in [2.75, 3.05) is 37.7 Å². The molecule has 1 unspecified atom stereocenters. The molecule has 30 heavy (non-hydrogen) atoms. The van der Waals surface area contributed by atoms with Gasteiger partial charge in [-0.2, -0.15) is 11.8 Å². The van der Waals surface area contributed by atoms with E-state index in [1.165, 1.54) is 12.1 Å². The first-order valence-corrected chi connectivity index (χ1v) is 11.5. The van der Waals surface area contributed by atoms with E-state index >= 15 is 0 Å². The largest absolute Gasteiger partial charge is 0.491 e. The maximum absolute atomic E-state index is 13.4. The minimum atomic E-state index is -0.499. The maximum Gasteiger partial charge on any atom is 0.123 e. The first kappa shape index (κ1) is 21.2. The zero-order valence-electron chi connectivity index (χ0n) is 16.9. The van der Waals surface area contributed by atoms with E-state index in [1.807, 2.05) is 42.1 Å². The van der Waals surface area contributed by atoms with Gasteiger partial charge in [-0.15, -0.1) is 0 Å². The number of benzene rings is 2. The van der Waals surface area contributed by atoms with Gasteiger partial charge < -0.3 is 20.1 Å². The fraction of sp³-hybridized carbons (Fsp3) is 0.391. The predicted molar refractivity (Wildman–Crippen MR) is 121 cm³/mol. The molecule has 1 saturated heterocycles. The monoisotopic (exact) mass is 429 g/mol. The summed E-state index contributed by atoms with van der Waals surface area (Å²) in [4.78, 5) is 5.60. The van der Waals surface area contributed by atoms with Gasteiger partial charge in [0, 0.05) is 66.4 Å². The van der Waals surface area contributed by atoms with Crippen molar-refractivity contribution in [3.05, 3.63) is 65.6 Å². The quantitative estimate of drug-likeness (QED) is 0.487. The molecule has 1 aliphatic heterocycles. The standard InChI is InChI=1S/C23H28FN3O2S/c24-19-5-6-22-18(11-19)12-20(26-22)14-25-13-17-3-1-2-4-23(17)29-16-21(28)15-27-7-9-30-10-8-27/h1-6,11-12,21,25-26,28H,7-10,13-16H2. The molecule has 0 aliphatic carbocycles. The minimum absolute atomic E-state index is 0.228. The van der Waals surface area contributed by atoms with Crippen LogP contribution in [-0.2, 0) is 13.1 Å². The smallest absolute Gasteiger partial charge is 0.123 e. The lowest BCUT2D eigenvalue weighted by atomic mass is 10.2. The fourth-order valence-corrected chi connectivity index (χ4v) is 4.68. The summed E-state index contributed by atoms with van der Waals surface area (Å²) in [6, 6.07) is 14.6. The summed E-state index contributed by atoms with van der Waals surface area (Å²) in [6.07, 6.45) is -0.499. The number of β-amino-alcohol motifs (C(OH)–C–C–N with tert-alkyl or cyclic N) is 1. The fourth-order valence-electron chi connectivity index (χ4n) is 3.70. The van der Waals surface area contributed by atoms with Gasteiger partial charge >= 0.3 is 0 Å². The van der Waals surface area contributed by atoms with Crippen LogP contribution in [-0.4, -0.2) is 58.8 Å². The van der Waals surface area contributed by atoms with Crippen molar-refractivity contribution in [2.24, 2.45) is 0 Å². The number of hydrogen-bond acceptors (Lipinski definition) is 5. The van der Waals surface area contributed by atoms with Crippen LogP contribution in [0.5, 0.6) is 5.75 Å². The molecule has 3 N–H and O–H groups in total. The molecule has 4 rings (SSSR count). The van der Waals surface area contributed by atoms with Crippen molar-refractivity contribution in [2.45, 2.75) is 19.2 Å². The van der Waals surface area contributed by atoms with Crippen LogP contribution in [0.1, 0.15) is 11.3 Å². The zero-order valence-corrected chi connectivity index (χ0v) is 17.8. The average Bonchev–Trinajstić information content (AvgIpc) is 3.15. The van der Waals surface area contributed by atoms with Gasteiger partial charge in [-0.1, -0.05) is 18.2 Å². The number of aliphatic hydroxyl groups is 1.